The van der Waals surface area contributed by atoms with Crippen molar-refractivity contribution in [1.82, 2.24) is 16.0 Å². The molecule has 3 atom stereocenters. The number of nitrogens with one attached hydrogen (secondary N) is 3. The van der Waals surface area contributed by atoms with Crippen LogP contribution in [0.3, 0.4) is 0 Å². The van der Waals surface area contributed by atoms with Crippen LogP contribution in [0.5, 0.6) is 0 Å². The first-order valence-electron chi connectivity index (χ1n) is 9.48. The van der Waals surface area contributed by atoms with Crippen molar-refractivity contribution in [2.75, 3.05) is 7.05 Å². The van der Waals surface area contributed by atoms with E-state index in [9.17, 15) is 19.5 Å². The quantitative estimate of drug-likeness (QED) is 0.418. The molecule has 0 saturated heterocycles. The minimum atomic E-state index is -1.06. The summed E-state index contributed by atoms with van der Waals surface area (Å²) in [4.78, 5) is 36.6. The smallest absolute Gasteiger partial charge is 0.326 e. The molecule has 7 nitrogen and oxygen atoms in total. The topological polar surface area (TPSA) is 108 Å². The molecule has 0 aromatic rings. The molecule has 7 heteroatoms. The molecule has 0 fully saturated rings. The molecule has 0 saturated carbocycles. The molecule has 0 rings (SSSR count). The zero-order chi connectivity index (χ0) is 20.4. The Kier molecular flexibility index (Phi) is 11.1. The van der Waals surface area contributed by atoms with Crippen LogP contribution < -0.4 is 16.0 Å². The molecule has 0 heterocycles. The fourth-order valence-electron chi connectivity index (χ4n) is 2.77. The largest absolute Gasteiger partial charge is 0.480 e. The number of carboxylic acid groups (broad SMARTS) is 1. The highest BCUT2D eigenvalue weighted by molar-refractivity contribution is 5.91. The van der Waals surface area contributed by atoms with E-state index in [0.717, 1.165) is 0 Å². The Hall–Kier alpha value is -1.63. The molecular weight excluding hydrogens is 334 g/mol. The number of carbonyl (C=O) groups excluding carboxylic acids is 2. The summed E-state index contributed by atoms with van der Waals surface area (Å²) in [5.41, 5.74) is 0. The third-order valence-electron chi connectivity index (χ3n) is 4.03. The molecule has 0 spiro atoms. The van der Waals surface area contributed by atoms with Crippen molar-refractivity contribution in [1.29, 1.82) is 0 Å². The van der Waals surface area contributed by atoms with Crippen molar-refractivity contribution < 1.29 is 19.5 Å². The number of hydrogen-bond donors (Lipinski definition) is 4. The van der Waals surface area contributed by atoms with Crippen LogP contribution in [0.1, 0.15) is 60.8 Å². The zero-order valence-corrected chi connectivity index (χ0v) is 17.3. The number of hydrogen-bond acceptors (Lipinski definition) is 4. The van der Waals surface area contributed by atoms with Gasteiger partial charge in [-0.2, -0.15) is 0 Å². The summed E-state index contributed by atoms with van der Waals surface area (Å²) in [6, 6.07) is -2.09. The van der Waals surface area contributed by atoms with Crippen LogP contribution in [0.25, 0.3) is 0 Å². The average Bonchev–Trinajstić information content (AvgIpc) is 2.49. The molecule has 0 aromatic heterocycles. The number of aliphatic carboxylic acids is 1. The van der Waals surface area contributed by atoms with Gasteiger partial charge in [-0.25, -0.2) is 4.79 Å². The van der Waals surface area contributed by atoms with E-state index in [-0.39, 0.29) is 23.8 Å². The molecule has 0 aliphatic heterocycles. The molecule has 0 aliphatic rings. The van der Waals surface area contributed by atoms with Crippen LogP contribution >= 0.6 is 0 Å². The Balaban J connectivity index is 5.13. The predicted octanol–water partition coefficient (Wildman–Crippen LogP) is 1.77. The van der Waals surface area contributed by atoms with E-state index in [4.69, 9.17) is 0 Å². The highest BCUT2D eigenvalue weighted by atomic mass is 16.4. The van der Waals surface area contributed by atoms with Gasteiger partial charge in [0.25, 0.3) is 0 Å². The van der Waals surface area contributed by atoms with Crippen molar-refractivity contribution >= 4 is 17.8 Å². The monoisotopic (exact) mass is 371 g/mol. The lowest BCUT2D eigenvalue weighted by Gasteiger charge is -2.26. The van der Waals surface area contributed by atoms with Gasteiger partial charge < -0.3 is 21.1 Å². The second-order valence-corrected chi connectivity index (χ2v) is 8.19. The fraction of sp³-hybridized carbons (Fsp3) is 0.842. The van der Waals surface area contributed by atoms with Crippen LogP contribution in [0.2, 0.25) is 0 Å². The van der Waals surface area contributed by atoms with Crippen LogP contribution in [-0.4, -0.2) is 48.1 Å². The summed E-state index contributed by atoms with van der Waals surface area (Å²) >= 11 is 0. The van der Waals surface area contributed by atoms with Crippen molar-refractivity contribution in [2.24, 2.45) is 17.8 Å². The number of likely N-dealkylation sites (N-methyl/N-ethyl adjacent to an activating group) is 1. The second-order valence-electron chi connectivity index (χ2n) is 8.19. The van der Waals surface area contributed by atoms with Gasteiger partial charge in [-0.15, -0.1) is 0 Å². The molecule has 4 N–H and O–H groups in total. The van der Waals surface area contributed by atoms with Crippen LogP contribution in [0, 0.1) is 17.8 Å². The van der Waals surface area contributed by atoms with E-state index in [1.807, 2.05) is 41.5 Å². The van der Waals surface area contributed by atoms with Gasteiger partial charge in [-0.1, -0.05) is 41.5 Å². The minimum Gasteiger partial charge on any atom is -0.480 e. The molecule has 0 bridgehead atoms. The van der Waals surface area contributed by atoms with E-state index in [2.05, 4.69) is 16.0 Å². The Morgan fingerprint density at radius 2 is 1.04 bits per heavy atom. The lowest BCUT2D eigenvalue weighted by atomic mass is 9.99. The van der Waals surface area contributed by atoms with E-state index < -0.39 is 24.0 Å². The van der Waals surface area contributed by atoms with E-state index in [1.54, 1.807) is 7.05 Å². The first kappa shape index (κ1) is 24.4. The van der Waals surface area contributed by atoms with Crippen molar-refractivity contribution in [3.63, 3.8) is 0 Å². The van der Waals surface area contributed by atoms with E-state index >= 15 is 0 Å². The van der Waals surface area contributed by atoms with Gasteiger partial charge >= 0.3 is 5.97 Å². The third-order valence-corrected chi connectivity index (χ3v) is 4.03. The molecule has 152 valence electrons. The van der Waals surface area contributed by atoms with E-state index in [1.165, 1.54) is 0 Å². The van der Waals surface area contributed by atoms with Gasteiger partial charge in [0.05, 0.1) is 6.04 Å². The molecule has 0 aliphatic carbocycles. The number of carboxylic acids is 1. The SMILES string of the molecule is CNC(CC(C)C)C(=O)NC(CC(C)C)C(=O)NC(CC(C)C)C(=O)O. The van der Waals surface area contributed by atoms with Crippen molar-refractivity contribution in [3.05, 3.63) is 0 Å². The van der Waals surface area contributed by atoms with Crippen LogP contribution in [0.4, 0.5) is 0 Å². The lowest BCUT2D eigenvalue weighted by molar-refractivity contribution is -0.142. The Bertz CT molecular complexity index is 464. The van der Waals surface area contributed by atoms with Gasteiger partial charge in [-0.05, 0) is 44.1 Å². The molecule has 26 heavy (non-hydrogen) atoms. The molecular formula is C19H37N3O4. The zero-order valence-electron chi connectivity index (χ0n) is 17.3. The highest BCUT2D eigenvalue weighted by Gasteiger charge is 2.29. The van der Waals surface area contributed by atoms with Crippen LogP contribution in [-0.2, 0) is 14.4 Å². The maximum absolute atomic E-state index is 12.6. The van der Waals surface area contributed by atoms with Crippen molar-refractivity contribution in [2.45, 2.75) is 78.9 Å². The van der Waals surface area contributed by atoms with E-state index in [0.29, 0.717) is 25.2 Å². The second kappa shape index (κ2) is 11.9. The summed E-state index contributed by atoms with van der Waals surface area (Å²) in [7, 11) is 1.72. The minimum absolute atomic E-state index is 0.134. The lowest BCUT2D eigenvalue weighted by Crippen LogP contribution is -2.55. The summed E-state index contributed by atoms with van der Waals surface area (Å²) in [5, 5.41) is 17.7. The number of carbonyl (C=O) groups is 3. The molecule has 0 aromatic carbocycles. The summed E-state index contributed by atoms with van der Waals surface area (Å²) in [6.45, 7) is 11.8. The number of amides is 2. The van der Waals surface area contributed by atoms with Gasteiger partial charge in [0.1, 0.15) is 12.1 Å². The summed E-state index contributed by atoms with van der Waals surface area (Å²) in [5.74, 6) is -1.10. The third kappa shape index (κ3) is 9.75. The molecule has 3 unspecified atom stereocenters. The van der Waals surface area contributed by atoms with Gasteiger partial charge in [-0.3, -0.25) is 9.59 Å². The summed E-state index contributed by atoms with van der Waals surface area (Å²) < 4.78 is 0. The van der Waals surface area contributed by atoms with Crippen LogP contribution in [0.15, 0.2) is 0 Å². The van der Waals surface area contributed by atoms with Gasteiger partial charge in [0.2, 0.25) is 11.8 Å². The highest BCUT2D eigenvalue weighted by Crippen LogP contribution is 2.10. The average molecular weight is 372 g/mol. The Morgan fingerprint density at radius 1 is 0.692 bits per heavy atom. The Morgan fingerprint density at radius 3 is 1.42 bits per heavy atom. The Labute approximate surface area is 157 Å². The van der Waals surface area contributed by atoms with Gasteiger partial charge in [0, 0.05) is 0 Å². The molecule has 2 amide bonds. The summed E-state index contributed by atoms with van der Waals surface area (Å²) in [6.07, 6.45) is 1.45. The number of rotatable bonds is 12. The first-order chi connectivity index (χ1) is 12.0. The standard InChI is InChI=1S/C19H37N3O4/c1-11(2)8-14(20-7)17(23)21-15(9-12(3)4)18(24)22-16(19(25)26)10-13(5)6/h11-16,20H,8-10H2,1-7H3,(H,21,23)(H,22,24)(H,25,26). The normalized spacial score (nSPS) is 15.0. The maximum atomic E-state index is 12.6. The molecule has 0 radical (unpaired) electrons. The van der Waals surface area contributed by atoms with Crippen molar-refractivity contribution in [3.8, 4) is 0 Å². The predicted molar refractivity (Wildman–Crippen MR) is 103 cm³/mol. The maximum Gasteiger partial charge on any atom is 0.326 e. The van der Waals surface area contributed by atoms with Gasteiger partial charge in [0.15, 0.2) is 0 Å². The first-order valence-corrected chi connectivity index (χ1v) is 9.48. The fourth-order valence-corrected chi connectivity index (χ4v) is 2.77.